The molecule has 0 saturated heterocycles. The molecule has 3 rings (SSSR count). The highest BCUT2D eigenvalue weighted by Gasteiger charge is 2.20. The van der Waals surface area contributed by atoms with Gasteiger partial charge in [0.15, 0.2) is 28.0 Å². The topological polar surface area (TPSA) is 161 Å². The largest absolute Gasteiger partial charge is 0.387 e. The zero-order valence-electron chi connectivity index (χ0n) is 17.3. The number of benzene rings is 1. The zero-order valence-corrected chi connectivity index (χ0v) is 18.9. The van der Waals surface area contributed by atoms with Crippen LogP contribution >= 0.6 is 11.5 Å². The molecule has 0 bridgehead atoms. The van der Waals surface area contributed by atoms with Gasteiger partial charge in [0.1, 0.15) is 12.2 Å². The number of aryl methyl sites for hydroxylation is 1. The van der Waals surface area contributed by atoms with Crippen LogP contribution in [0.2, 0.25) is 0 Å². The number of aromatic nitrogens is 5. The van der Waals surface area contributed by atoms with Crippen molar-refractivity contribution in [2.75, 3.05) is 24.8 Å². The van der Waals surface area contributed by atoms with E-state index in [1.54, 1.807) is 6.92 Å². The number of carbonyl (C=O) groups is 1. The number of H-pyrrole nitrogens is 1. The maximum atomic E-state index is 12.8. The lowest BCUT2D eigenvalue weighted by atomic mass is 10.1. The molecular weight excluding hydrogens is 458 g/mol. The Morgan fingerprint density at radius 1 is 1.28 bits per heavy atom. The maximum Gasteiger partial charge on any atom is 0.280 e. The molecule has 2 heterocycles. The van der Waals surface area contributed by atoms with Crippen LogP contribution in [0, 0.1) is 6.92 Å². The number of amides is 1. The van der Waals surface area contributed by atoms with Gasteiger partial charge in [-0.2, -0.15) is 9.47 Å². The molecule has 2 N–H and O–H groups in total. The third-order valence-corrected chi connectivity index (χ3v) is 6.57. The minimum Gasteiger partial charge on any atom is -0.387 e. The number of anilines is 1. The summed E-state index contributed by atoms with van der Waals surface area (Å²) in [7, 11) is -1.96. The van der Waals surface area contributed by atoms with Gasteiger partial charge in [0.2, 0.25) is 5.13 Å². The number of hydrogen-bond acceptors (Lipinski definition) is 11. The average Bonchev–Trinajstić information content (AvgIpc) is 3.43. The van der Waals surface area contributed by atoms with Crippen molar-refractivity contribution < 1.29 is 22.8 Å². The van der Waals surface area contributed by atoms with E-state index in [2.05, 4.69) is 35.0 Å². The monoisotopic (exact) mass is 479 g/mol. The third kappa shape index (κ3) is 6.38. The second-order valence-corrected chi connectivity index (χ2v) is 9.30. The van der Waals surface area contributed by atoms with Crippen LogP contribution in [0.4, 0.5) is 5.13 Å². The molecule has 170 valence electrons. The number of ether oxygens (including phenoxy) is 1. The number of nitrogens with one attached hydrogen (secondary N) is 2. The molecule has 0 aliphatic rings. The van der Waals surface area contributed by atoms with Gasteiger partial charge in [-0.25, -0.2) is 18.4 Å². The van der Waals surface area contributed by atoms with Crippen LogP contribution in [0.15, 0.2) is 40.6 Å². The van der Waals surface area contributed by atoms with E-state index in [-0.39, 0.29) is 23.0 Å². The minimum absolute atomic E-state index is 0.0410. The Morgan fingerprint density at radius 2 is 2.06 bits per heavy atom. The van der Waals surface area contributed by atoms with Crippen molar-refractivity contribution in [2.45, 2.75) is 24.8 Å². The molecule has 32 heavy (non-hydrogen) atoms. The molecule has 3 aromatic rings. The first kappa shape index (κ1) is 23.4. The first-order chi connectivity index (χ1) is 15.4. The molecule has 12 nitrogen and oxygen atoms in total. The fourth-order valence-corrected chi connectivity index (χ4v) is 4.37. The number of nitrogens with zero attached hydrogens (tertiary/aromatic N) is 5. The molecule has 0 fully saturated rings. The number of methoxy groups -OCH3 is 1. The highest BCUT2D eigenvalue weighted by atomic mass is 32.2. The summed E-state index contributed by atoms with van der Waals surface area (Å²) in [5, 5.41) is 13.2. The van der Waals surface area contributed by atoms with Crippen LogP contribution in [-0.4, -0.2) is 64.0 Å². The summed E-state index contributed by atoms with van der Waals surface area (Å²) in [5.74, 6) is 0.312. The lowest BCUT2D eigenvalue weighted by Gasteiger charge is -2.08. The van der Waals surface area contributed by atoms with Crippen LogP contribution < -0.4 is 5.32 Å². The predicted molar refractivity (Wildman–Crippen MR) is 116 cm³/mol. The molecule has 0 aliphatic carbocycles. The predicted octanol–water partition coefficient (Wildman–Crippen LogP) is 1.33. The molecule has 0 aliphatic heterocycles. The first-order valence-corrected chi connectivity index (χ1v) is 11.8. The third-order valence-electron chi connectivity index (χ3n) is 4.03. The van der Waals surface area contributed by atoms with Crippen LogP contribution in [0.3, 0.4) is 0 Å². The van der Waals surface area contributed by atoms with Crippen molar-refractivity contribution in [2.24, 2.45) is 5.16 Å². The van der Waals surface area contributed by atoms with Crippen molar-refractivity contribution in [3.63, 3.8) is 0 Å². The average molecular weight is 480 g/mol. The molecule has 0 unspecified atom stereocenters. The number of sulfone groups is 1. The highest BCUT2D eigenvalue weighted by molar-refractivity contribution is 7.91. The molecule has 1 amide bonds. The van der Waals surface area contributed by atoms with E-state index in [9.17, 15) is 13.2 Å². The van der Waals surface area contributed by atoms with E-state index >= 15 is 0 Å². The van der Waals surface area contributed by atoms with E-state index in [4.69, 9.17) is 9.57 Å². The Morgan fingerprint density at radius 3 is 2.69 bits per heavy atom. The quantitative estimate of drug-likeness (QED) is 0.235. The Bertz CT molecular complexity index is 1160. The lowest BCUT2D eigenvalue weighted by molar-refractivity contribution is -0.110. The molecular formula is C18H21N7O5S2. The van der Waals surface area contributed by atoms with E-state index in [0.717, 1.165) is 11.5 Å². The van der Waals surface area contributed by atoms with Gasteiger partial charge in [-0.15, -0.1) is 0 Å². The number of rotatable bonds is 11. The second kappa shape index (κ2) is 10.9. The van der Waals surface area contributed by atoms with Crippen molar-refractivity contribution in [1.29, 1.82) is 0 Å². The Hall–Kier alpha value is -3.23. The minimum atomic E-state index is -3.48. The summed E-state index contributed by atoms with van der Waals surface area (Å²) in [6.45, 7) is 2.01. The SMILES string of the molecule is COCCCS(=O)(=O)c1ccc(/C(=N\OCc2ncn[nH]2)C(=O)Nc2nc(C)ns2)cc1. The molecule has 2 aromatic heterocycles. The normalized spacial score (nSPS) is 12.0. The van der Waals surface area contributed by atoms with Gasteiger partial charge in [-0.05, 0) is 25.5 Å². The molecule has 0 atom stereocenters. The fraction of sp³-hybridized carbons (Fsp3) is 0.333. The Kier molecular flexibility index (Phi) is 7.97. The van der Waals surface area contributed by atoms with Crippen molar-refractivity contribution in [3.05, 3.63) is 47.8 Å². The lowest BCUT2D eigenvalue weighted by Crippen LogP contribution is -2.24. The summed E-state index contributed by atoms with van der Waals surface area (Å²) in [5.41, 5.74) is 0.290. The van der Waals surface area contributed by atoms with Gasteiger partial charge in [0.05, 0.1) is 10.6 Å². The smallest absolute Gasteiger partial charge is 0.280 e. The van der Waals surface area contributed by atoms with Gasteiger partial charge >= 0.3 is 0 Å². The fourth-order valence-electron chi connectivity index (χ4n) is 2.52. The number of hydrogen-bond donors (Lipinski definition) is 2. The van der Waals surface area contributed by atoms with Crippen molar-refractivity contribution in [1.82, 2.24) is 24.5 Å². The van der Waals surface area contributed by atoms with Crippen LogP contribution in [0.5, 0.6) is 0 Å². The van der Waals surface area contributed by atoms with Crippen LogP contribution in [-0.2, 0) is 30.8 Å². The Balaban J connectivity index is 1.80. The van der Waals surface area contributed by atoms with Crippen molar-refractivity contribution >= 4 is 38.1 Å². The molecule has 14 heteroatoms. The summed E-state index contributed by atoms with van der Waals surface area (Å²) in [6, 6.07) is 5.83. The molecule has 0 radical (unpaired) electrons. The molecule has 0 spiro atoms. The summed E-state index contributed by atoms with van der Waals surface area (Å²) in [4.78, 5) is 26.2. The van der Waals surface area contributed by atoms with Crippen LogP contribution in [0.25, 0.3) is 0 Å². The van der Waals surface area contributed by atoms with Gasteiger partial charge in [0, 0.05) is 30.8 Å². The summed E-state index contributed by atoms with van der Waals surface area (Å²) >= 11 is 1.03. The van der Waals surface area contributed by atoms with E-state index in [1.807, 2.05) is 0 Å². The highest BCUT2D eigenvalue weighted by Crippen LogP contribution is 2.16. The molecule has 0 saturated carbocycles. The van der Waals surface area contributed by atoms with E-state index < -0.39 is 15.7 Å². The summed E-state index contributed by atoms with van der Waals surface area (Å²) in [6.07, 6.45) is 1.70. The van der Waals surface area contributed by atoms with Gasteiger partial charge in [-0.1, -0.05) is 17.3 Å². The van der Waals surface area contributed by atoms with E-state index in [0.29, 0.717) is 35.4 Å². The first-order valence-electron chi connectivity index (χ1n) is 9.37. The Labute approximate surface area is 188 Å². The number of oxime groups is 1. The second-order valence-electron chi connectivity index (χ2n) is 6.44. The van der Waals surface area contributed by atoms with E-state index in [1.165, 1.54) is 37.7 Å². The standard InChI is InChI=1S/C18H21N7O5S2/c1-12-21-18(31-25-12)22-17(26)16(24-30-10-15-19-11-20-23-15)13-4-6-14(7-5-13)32(27,28)9-3-8-29-2/h4-7,11H,3,8-10H2,1-2H3,(H,19,20,23)(H,21,22,25,26)/b24-16+. The zero-order chi connectivity index (χ0) is 23.0. The van der Waals surface area contributed by atoms with Crippen LogP contribution in [0.1, 0.15) is 23.6 Å². The molecule has 1 aromatic carbocycles. The maximum absolute atomic E-state index is 12.8. The van der Waals surface area contributed by atoms with Gasteiger partial charge in [-0.3, -0.25) is 15.2 Å². The van der Waals surface area contributed by atoms with Gasteiger partial charge < -0.3 is 9.57 Å². The number of carbonyl (C=O) groups excluding carboxylic acids is 1. The van der Waals surface area contributed by atoms with Gasteiger partial charge in [0.25, 0.3) is 5.91 Å². The number of aromatic amines is 1. The summed E-state index contributed by atoms with van der Waals surface area (Å²) < 4.78 is 33.8. The van der Waals surface area contributed by atoms with Crippen molar-refractivity contribution in [3.8, 4) is 0 Å².